The van der Waals surface area contributed by atoms with E-state index in [0.717, 1.165) is 0 Å². The molecule has 0 saturated carbocycles. The fraction of sp³-hybridized carbons (Fsp3) is 0.778. The fourth-order valence-electron chi connectivity index (χ4n) is 1.13. The van der Waals surface area contributed by atoms with Crippen molar-refractivity contribution in [3.63, 3.8) is 0 Å². The van der Waals surface area contributed by atoms with Crippen molar-refractivity contribution in [1.29, 1.82) is 0 Å². The monoisotopic (exact) mass is 251 g/mol. The van der Waals surface area contributed by atoms with E-state index in [2.05, 4.69) is 10.1 Å². The number of hydrogen-bond donors (Lipinski definition) is 1. The highest BCUT2D eigenvalue weighted by Crippen LogP contribution is 2.12. The van der Waals surface area contributed by atoms with E-state index in [1.54, 1.807) is 0 Å². The van der Waals surface area contributed by atoms with Gasteiger partial charge in [-0.15, -0.1) is 0 Å². The number of nitrogens with two attached hydrogens (primary N) is 1. The number of ether oxygens (including phenoxy) is 2. The summed E-state index contributed by atoms with van der Waals surface area (Å²) in [6, 6.07) is 0. The van der Waals surface area contributed by atoms with Gasteiger partial charge in [-0.05, 0) is 0 Å². The van der Waals surface area contributed by atoms with Crippen molar-refractivity contribution in [2.45, 2.75) is 19.0 Å². The Kier molecular flexibility index (Phi) is 5.95. The Morgan fingerprint density at radius 3 is 2.82 bits per heavy atom. The third-order valence-electron chi connectivity index (χ3n) is 1.97. The summed E-state index contributed by atoms with van der Waals surface area (Å²) in [5.74, 6) is 0.656. The lowest BCUT2D eigenvalue weighted by Gasteiger charge is -2.05. The third-order valence-corrected chi connectivity index (χ3v) is 1.97. The first kappa shape index (κ1) is 13.9. The molecule has 2 N–H and O–H groups in total. The second-order valence-electron chi connectivity index (χ2n) is 3.22. The second kappa shape index (κ2) is 7.25. The number of nitrogens with zero attached hydrogens (tertiary/aromatic N) is 2. The molecule has 0 aromatic carbocycles. The largest absolute Gasteiger partial charge is 0.375 e. The predicted octanol–water partition coefficient (Wildman–Crippen LogP) is 0.540. The van der Waals surface area contributed by atoms with E-state index in [1.807, 2.05) is 0 Å². The number of halogens is 2. The van der Waals surface area contributed by atoms with Gasteiger partial charge in [0.25, 0.3) is 12.3 Å². The van der Waals surface area contributed by atoms with Gasteiger partial charge in [-0.2, -0.15) is 4.98 Å². The van der Waals surface area contributed by atoms with Crippen LogP contribution in [0.4, 0.5) is 8.78 Å². The number of methoxy groups -OCH3 is 1. The molecule has 0 aliphatic heterocycles. The Labute approximate surface area is 97.1 Å². The van der Waals surface area contributed by atoms with E-state index in [9.17, 15) is 8.78 Å². The van der Waals surface area contributed by atoms with Gasteiger partial charge >= 0.3 is 0 Å². The van der Waals surface area contributed by atoms with Crippen LogP contribution < -0.4 is 5.73 Å². The highest BCUT2D eigenvalue weighted by atomic mass is 19.3. The third kappa shape index (κ3) is 4.72. The van der Waals surface area contributed by atoms with E-state index in [4.69, 9.17) is 19.7 Å². The van der Waals surface area contributed by atoms with Crippen molar-refractivity contribution in [2.75, 3.05) is 26.9 Å². The summed E-state index contributed by atoms with van der Waals surface area (Å²) in [4.78, 5) is 4.02. The van der Waals surface area contributed by atoms with Crippen molar-refractivity contribution in [3.8, 4) is 0 Å². The molecule has 1 aromatic heterocycles. The molecule has 0 spiro atoms. The summed E-state index contributed by atoms with van der Waals surface area (Å²) in [6.07, 6.45) is -2.61. The standard InChI is InChI=1S/C9H15F2N3O3/c1-15-6(4-12)9-13-8(14-17-9)2-3-16-5-7(10)11/h6-7H,2-5,12H2,1H3. The van der Waals surface area contributed by atoms with Crippen molar-refractivity contribution in [1.82, 2.24) is 10.1 Å². The maximum atomic E-state index is 11.8. The minimum absolute atomic E-state index is 0.115. The zero-order chi connectivity index (χ0) is 12.7. The molecule has 1 aromatic rings. The first-order valence-corrected chi connectivity index (χ1v) is 5.08. The molecule has 0 saturated heterocycles. The minimum atomic E-state index is -2.47. The van der Waals surface area contributed by atoms with Gasteiger partial charge in [0.1, 0.15) is 12.7 Å². The predicted molar refractivity (Wildman–Crippen MR) is 53.6 cm³/mol. The Balaban J connectivity index is 2.35. The van der Waals surface area contributed by atoms with Gasteiger partial charge in [-0.25, -0.2) is 8.78 Å². The van der Waals surface area contributed by atoms with Crippen molar-refractivity contribution in [2.24, 2.45) is 5.73 Å². The summed E-state index contributed by atoms with van der Waals surface area (Å²) >= 11 is 0. The maximum absolute atomic E-state index is 11.8. The lowest BCUT2D eigenvalue weighted by Crippen LogP contribution is -2.14. The maximum Gasteiger partial charge on any atom is 0.261 e. The molecule has 0 radical (unpaired) electrons. The number of alkyl halides is 2. The van der Waals surface area contributed by atoms with Crippen LogP contribution in [0.15, 0.2) is 4.52 Å². The van der Waals surface area contributed by atoms with Gasteiger partial charge in [0, 0.05) is 20.1 Å². The Morgan fingerprint density at radius 2 is 2.24 bits per heavy atom. The number of aromatic nitrogens is 2. The first-order chi connectivity index (χ1) is 8.17. The molecule has 1 rings (SSSR count). The van der Waals surface area contributed by atoms with Crippen molar-refractivity contribution >= 4 is 0 Å². The Morgan fingerprint density at radius 1 is 1.47 bits per heavy atom. The molecule has 0 aliphatic carbocycles. The van der Waals surface area contributed by atoms with Gasteiger partial charge in [0.2, 0.25) is 0 Å². The summed E-state index contributed by atoms with van der Waals surface area (Å²) in [5, 5.41) is 3.66. The lowest BCUT2D eigenvalue weighted by molar-refractivity contribution is 0.0182. The quantitative estimate of drug-likeness (QED) is 0.679. The Hall–Kier alpha value is -1.12. The highest BCUT2D eigenvalue weighted by Gasteiger charge is 2.16. The van der Waals surface area contributed by atoms with E-state index in [0.29, 0.717) is 12.2 Å². The van der Waals surface area contributed by atoms with Gasteiger partial charge in [0.05, 0.1) is 6.61 Å². The van der Waals surface area contributed by atoms with E-state index < -0.39 is 19.1 Å². The summed E-state index contributed by atoms with van der Waals surface area (Å²) in [7, 11) is 1.48. The van der Waals surface area contributed by atoms with Crippen LogP contribution >= 0.6 is 0 Å². The fourth-order valence-corrected chi connectivity index (χ4v) is 1.13. The molecule has 1 heterocycles. The molecule has 8 heteroatoms. The Bertz CT molecular complexity index is 318. The van der Waals surface area contributed by atoms with Gasteiger partial charge in [0.15, 0.2) is 5.82 Å². The van der Waals surface area contributed by atoms with Crippen LogP contribution in [-0.4, -0.2) is 43.4 Å². The zero-order valence-electron chi connectivity index (χ0n) is 9.44. The van der Waals surface area contributed by atoms with Crippen LogP contribution in [0.3, 0.4) is 0 Å². The number of rotatable bonds is 8. The van der Waals surface area contributed by atoms with E-state index in [1.165, 1.54) is 7.11 Å². The summed E-state index contributed by atoms with van der Waals surface area (Å²) in [5.41, 5.74) is 5.42. The molecule has 0 bridgehead atoms. The van der Waals surface area contributed by atoms with Crippen LogP contribution in [0.5, 0.6) is 0 Å². The normalized spacial score (nSPS) is 13.2. The average Bonchev–Trinajstić information content (AvgIpc) is 2.75. The molecule has 1 unspecified atom stereocenters. The second-order valence-corrected chi connectivity index (χ2v) is 3.22. The molecule has 0 aliphatic rings. The van der Waals surface area contributed by atoms with E-state index in [-0.39, 0.29) is 19.0 Å². The molecule has 1 atom stereocenters. The molecule has 17 heavy (non-hydrogen) atoms. The topological polar surface area (TPSA) is 83.4 Å². The van der Waals surface area contributed by atoms with Crippen LogP contribution in [0, 0.1) is 0 Å². The highest BCUT2D eigenvalue weighted by molar-refractivity contribution is 4.91. The van der Waals surface area contributed by atoms with Crippen LogP contribution in [0.1, 0.15) is 17.8 Å². The zero-order valence-corrected chi connectivity index (χ0v) is 9.44. The van der Waals surface area contributed by atoms with Crippen LogP contribution in [0.2, 0.25) is 0 Å². The van der Waals surface area contributed by atoms with Crippen LogP contribution in [-0.2, 0) is 15.9 Å². The summed E-state index contributed by atoms with van der Waals surface area (Å²) in [6.45, 7) is -0.252. The molecule has 0 fully saturated rings. The lowest BCUT2D eigenvalue weighted by atomic mass is 10.3. The molecule has 98 valence electrons. The SMILES string of the molecule is COC(CN)c1nc(CCOCC(F)F)no1. The minimum Gasteiger partial charge on any atom is -0.375 e. The molecular formula is C9H15F2N3O3. The molecule has 6 nitrogen and oxygen atoms in total. The van der Waals surface area contributed by atoms with Crippen molar-refractivity contribution < 1.29 is 22.8 Å². The summed E-state index contributed by atoms with van der Waals surface area (Å²) < 4.78 is 38.1. The molecule has 0 amide bonds. The van der Waals surface area contributed by atoms with E-state index >= 15 is 0 Å². The smallest absolute Gasteiger partial charge is 0.261 e. The van der Waals surface area contributed by atoms with Crippen molar-refractivity contribution in [3.05, 3.63) is 11.7 Å². The first-order valence-electron chi connectivity index (χ1n) is 5.08. The van der Waals surface area contributed by atoms with Gasteiger partial charge in [-0.3, -0.25) is 0 Å². The van der Waals surface area contributed by atoms with Gasteiger partial charge in [-0.1, -0.05) is 5.16 Å². The number of hydrogen-bond acceptors (Lipinski definition) is 6. The molecular weight excluding hydrogens is 236 g/mol. The average molecular weight is 251 g/mol. The van der Waals surface area contributed by atoms with Crippen LogP contribution in [0.25, 0.3) is 0 Å². The van der Waals surface area contributed by atoms with Gasteiger partial charge < -0.3 is 19.7 Å².